The number of carbonyl (C=O) groups is 2. The number of aromatic nitrogens is 1. The van der Waals surface area contributed by atoms with Crippen molar-refractivity contribution in [3.05, 3.63) is 28.7 Å². The molecule has 164 valence electrons. The first-order chi connectivity index (χ1) is 14.3. The number of fused-ring (bicyclic) bond motifs is 1. The van der Waals surface area contributed by atoms with Crippen LogP contribution >= 0.6 is 0 Å². The zero-order valence-electron chi connectivity index (χ0n) is 16.8. The third kappa shape index (κ3) is 4.41. The molecule has 0 spiro atoms. The fourth-order valence-electron chi connectivity index (χ4n) is 3.45. The van der Waals surface area contributed by atoms with Crippen LogP contribution in [0.1, 0.15) is 26.7 Å². The highest BCUT2D eigenvalue weighted by Gasteiger charge is 2.34. The van der Waals surface area contributed by atoms with Crippen molar-refractivity contribution in [2.75, 3.05) is 26.3 Å². The van der Waals surface area contributed by atoms with E-state index < -0.39 is 33.6 Å². The highest BCUT2D eigenvalue weighted by molar-refractivity contribution is 7.89. The number of hydrogen-bond acceptors (Lipinski definition) is 8. The molecule has 10 nitrogen and oxygen atoms in total. The summed E-state index contributed by atoms with van der Waals surface area (Å²) in [7, 11) is -3.91. The van der Waals surface area contributed by atoms with E-state index in [1.54, 1.807) is 13.8 Å². The maximum absolute atomic E-state index is 13.1. The van der Waals surface area contributed by atoms with Crippen LogP contribution in [0.5, 0.6) is 0 Å². The summed E-state index contributed by atoms with van der Waals surface area (Å²) in [6.45, 7) is 3.75. The van der Waals surface area contributed by atoms with Gasteiger partial charge in [0.25, 0.3) is 0 Å². The number of hydrogen-bond donors (Lipinski definition) is 0. The molecule has 0 amide bonds. The average molecular weight is 440 g/mol. The smallest absolute Gasteiger partial charge is 0.420 e. The molecule has 1 saturated heterocycles. The Morgan fingerprint density at radius 3 is 2.63 bits per heavy atom. The molecule has 0 aliphatic carbocycles. The SMILES string of the molecule is CCOC(=O)Cn1c(=O)oc2cc(S(=O)(=O)N3CCC[C@H](C(=O)OCC)C3)ccc21. The number of sulfonamides is 1. The summed E-state index contributed by atoms with van der Waals surface area (Å²) >= 11 is 0. The molecule has 3 rings (SSSR count). The lowest BCUT2D eigenvalue weighted by Gasteiger charge is -2.30. The second-order valence-corrected chi connectivity index (χ2v) is 8.78. The van der Waals surface area contributed by atoms with E-state index in [-0.39, 0.29) is 48.8 Å². The fraction of sp³-hybridized carbons (Fsp3) is 0.526. The Bertz CT molecular complexity index is 1100. The number of piperidine rings is 1. The van der Waals surface area contributed by atoms with Gasteiger partial charge in [0.2, 0.25) is 10.0 Å². The van der Waals surface area contributed by atoms with Crippen LogP contribution in [0.4, 0.5) is 0 Å². The molecule has 2 heterocycles. The van der Waals surface area contributed by atoms with Crippen LogP contribution in [-0.4, -0.2) is 55.5 Å². The quantitative estimate of drug-likeness (QED) is 0.587. The molecule has 1 fully saturated rings. The lowest BCUT2D eigenvalue weighted by atomic mass is 10.0. The van der Waals surface area contributed by atoms with Crippen LogP contribution in [0.2, 0.25) is 0 Å². The van der Waals surface area contributed by atoms with Gasteiger partial charge in [-0.25, -0.2) is 13.2 Å². The minimum absolute atomic E-state index is 0.0347. The number of esters is 2. The first-order valence-electron chi connectivity index (χ1n) is 9.73. The molecule has 1 aliphatic heterocycles. The highest BCUT2D eigenvalue weighted by Crippen LogP contribution is 2.26. The Balaban J connectivity index is 1.87. The van der Waals surface area contributed by atoms with Crippen LogP contribution in [0.25, 0.3) is 11.1 Å². The predicted octanol–water partition coefficient (Wildman–Crippen LogP) is 1.12. The molecule has 1 atom stereocenters. The zero-order valence-corrected chi connectivity index (χ0v) is 17.6. The average Bonchev–Trinajstić information content (AvgIpc) is 3.03. The van der Waals surface area contributed by atoms with Crippen LogP contribution in [0.15, 0.2) is 32.3 Å². The molecule has 1 aromatic heterocycles. The number of benzene rings is 1. The Morgan fingerprint density at radius 1 is 1.20 bits per heavy atom. The standard InChI is InChI=1S/C19H24N2O8S/c1-3-27-17(22)12-21-15-8-7-14(10-16(15)29-19(21)24)30(25,26)20-9-5-6-13(11-20)18(23)28-4-2/h7-8,10,13H,3-6,9,11-12H2,1-2H3/t13-/m0/s1. The van der Waals surface area contributed by atoms with Crippen LogP contribution in [-0.2, 0) is 35.6 Å². The van der Waals surface area contributed by atoms with Gasteiger partial charge in [-0.15, -0.1) is 0 Å². The highest BCUT2D eigenvalue weighted by atomic mass is 32.2. The summed E-state index contributed by atoms with van der Waals surface area (Å²) in [5.41, 5.74) is 0.333. The van der Waals surface area contributed by atoms with Crippen molar-refractivity contribution in [2.45, 2.75) is 38.1 Å². The van der Waals surface area contributed by atoms with E-state index in [2.05, 4.69) is 0 Å². The first kappa shape index (κ1) is 22.0. The minimum atomic E-state index is -3.91. The van der Waals surface area contributed by atoms with E-state index in [1.807, 2.05) is 0 Å². The molecule has 0 saturated carbocycles. The van der Waals surface area contributed by atoms with Gasteiger partial charge >= 0.3 is 17.7 Å². The first-order valence-corrected chi connectivity index (χ1v) is 11.2. The maximum Gasteiger partial charge on any atom is 0.420 e. The van der Waals surface area contributed by atoms with Crippen LogP contribution < -0.4 is 5.76 Å². The summed E-state index contributed by atoms with van der Waals surface area (Å²) in [5, 5.41) is 0. The molecule has 11 heteroatoms. The fourth-order valence-corrected chi connectivity index (χ4v) is 4.99. The van der Waals surface area contributed by atoms with E-state index in [4.69, 9.17) is 13.9 Å². The van der Waals surface area contributed by atoms with Gasteiger partial charge in [-0.05, 0) is 38.8 Å². The third-order valence-corrected chi connectivity index (χ3v) is 6.74. The van der Waals surface area contributed by atoms with E-state index in [9.17, 15) is 22.8 Å². The number of ether oxygens (including phenoxy) is 2. The lowest BCUT2D eigenvalue weighted by Crippen LogP contribution is -2.42. The summed E-state index contributed by atoms with van der Waals surface area (Å²) in [5.74, 6) is -2.30. The molecular formula is C19H24N2O8S. The van der Waals surface area contributed by atoms with E-state index >= 15 is 0 Å². The van der Waals surface area contributed by atoms with Gasteiger partial charge in [0.1, 0.15) is 6.54 Å². The summed E-state index contributed by atoms with van der Waals surface area (Å²) in [6.07, 6.45) is 1.10. The van der Waals surface area contributed by atoms with E-state index in [0.29, 0.717) is 12.8 Å². The molecule has 0 unspecified atom stereocenters. The third-order valence-electron chi connectivity index (χ3n) is 4.87. The van der Waals surface area contributed by atoms with Gasteiger partial charge in [-0.3, -0.25) is 14.2 Å². The van der Waals surface area contributed by atoms with E-state index in [0.717, 1.165) is 4.57 Å². The number of rotatable bonds is 7. The Hall–Kier alpha value is -2.66. The number of nitrogens with zero attached hydrogens (tertiary/aromatic N) is 2. The van der Waals surface area contributed by atoms with Gasteiger partial charge in [0.05, 0.1) is 29.5 Å². The monoisotopic (exact) mass is 440 g/mol. The predicted molar refractivity (Wildman–Crippen MR) is 105 cm³/mol. The lowest BCUT2D eigenvalue weighted by molar-refractivity contribution is -0.149. The van der Waals surface area contributed by atoms with Crippen molar-refractivity contribution in [3.8, 4) is 0 Å². The van der Waals surface area contributed by atoms with Gasteiger partial charge in [-0.2, -0.15) is 4.31 Å². The molecule has 2 aromatic rings. The zero-order chi connectivity index (χ0) is 21.9. The molecule has 30 heavy (non-hydrogen) atoms. The van der Waals surface area contributed by atoms with Gasteiger partial charge in [-0.1, -0.05) is 0 Å². The molecule has 1 aliphatic rings. The van der Waals surface area contributed by atoms with Crippen LogP contribution in [0.3, 0.4) is 0 Å². The summed E-state index contributed by atoms with van der Waals surface area (Å²) < 4.78 is 43.5. The van der Waals surface area contributed by atoms with Crippen molar-refractivity contribution < 1.29 is 31.9 Å². The Kier molecular flexibility index (Phi) is 6.61. The topological polar surface area (TPSA) is 125 Å². The van der Waals surface area contributed by atoms with Crippen molar-refractivity contribution in [1.29, 1.82) is 0 Å². The van der Waals surface area contributed by atoms with Crippen LogP contribution in [0, 0.1) is 5.92 Å². The van der Waals surface area contributed by atoms with Crippen molar-refractivity contribution in [1.82, 2.24) is 8.87 Å². The summed E-state index contributed by atoms with van der Waals surface area (Å²) in [6, 6.07) is 4.02. The largest absolute Gasteiger partial charge is 0.466 e. The van der Waals surface area contributed by atoms with Crippen molar-refractivity contribution in [3.63, 3.8) is 0 Å². The molecular weight excluding hydrogens is 416 g/mol. The molecule has 0 N–H and O–H groups in total. The molecule has 0 radical (unpaired) electrons. The number of carbonyl (C=O) groups excluding carboxylic acids is 2. The normalized spacial score (nSPS) is 17.7. The van der Waals surface area contributed by atoms with Gasteiger partial charge in [0.15, 0.2) is 5.58 Å². The van der Waals surface area contributed by atoms with E-state index in [1.165, 1.54) is 22.5 Å². The Morgan fingerprint density at radius 2 is 1.93 bits per heavy atom. The van der Waals surface area contributed by atoms with Gasteiger partial charge < -0.3 is 13.9 Å². The second-order valence-electron chi connectivity index (χ2n) is 6.84. The Labute approximate surface area is 173 Å². The minimum Gasteiger partial charge on any atom is -0.466 e. The molecule has 0 bridgehead atoms. The van der Waals surface area contributed by atoms with Gasteiger partial charge in [0, 0.05) is 19.2 Å². The summed E-state index contributed by atoms with van der Waals surface area (Å²) in [4.78, 5) is 35.8. The maximum atomic E-state index is 13.1. The number of oxazole rings is 1. The van der Waals surface area contributed by atoms with Crippen molar-refractivity contribution in [2.24, 2.45) is 5.92 Å². The van der Waals surface area contributed by atoms with Crippen molar-refractivity contribution >= 4 is 33.1 Å². The molecule has 1 aromatic carbocycles. The second kappa shape index (κ2) is 9.00.